The van der Waals surface area contributed by atoms with Crippen LogP contribution >= 0.6 is 22.7 Å². The van der Waals surface area contributed by atoms with Crippen LogP contribution in [0.15, 0.2) is 66.0 Å². The van der Waals surface area contributed by atoms with Crippen LogP contribution in [0, 0.1) is 0 Å². The third-order valence-corrected chi connectivity index (χ3v) is 6.14. The summed E-state index contributed by atoms with van der Waals surface area (Å²) in [5, 5.41) is 6.07. The van der Waals surface area contributed by atoms with E-state index < -0.39 is 0 Å². The molecule has 0 saturated carbocycles. The van der Waals surface area contributed by atoms with Gasteiger partial charge in [0.2, 0.25) is 5.91 Å². The van der Waals surface area contributed by atoms with E-state index in [1.54, 1.807) is 22.7 Å². The summed E-state index contributed by atoms with van der Waals surface area (Å²) in [5.41, 5.74) is 2.79. The van der Waals surface area contributed by atoms with Crippen LogP contribution in [0.3, 0.4) is 0 Å². The molecule has 2 heterocycles. The molecule has 0 aliphatic heterocycles. The summed E-state index contributed by atoms with van der Waals surface area (Å²) in [6, 6.07) is 20.1. The van der Waals surface area contributed by atoms with Gasteiger partial charge in [-0.15, -0.1) is 22.7 Å². The number of thiophene rings is 1. The van der Waals surface area contributed by atoms with Crippen LogP contribution in [-0.4, -0.2) is 10.9 Å². The number of nitrogens with one attached hydrogen (secondary N) is 1. The highest BCUT2D eigenvalue weighted by molar-refractivity contribution is 7.21. The quantitative estimate of drug-likeness (QED) is 0.448. The molecule has 3 nitrogen and oxygen atoms in total. The van der Waals surface area contributed by atoms with Gasteiger partial charge in [0.25, 0.3) is 0 Å². The molecule has 1 N–H and O–H groups in total. The molecule has 0 fully saturated rings. The summed E-state index contributed by atoms with van der Waals surface area (Å²) in [7, 11) is 0. The molecule has 130 valence electrons. The zero-order valence-electron chi connectivity index (χ0n) is 14.1. The van der Waals surface area contributed by atoms with Crippen molar-refractivity contribution in [3.05, 3.63) is 70.9 Å². The second-order valence-electron chi connectivity index (χ2n) is 6.01. The number of aromatic nitrogens is 1. The van der Waals surface area contributed by atoms with E-state index >= 15 is 0 Å². The monoisotopic (exact) mass is 378 g/mol. The van der Waals surface area contributed by atoms with Gasteiger partial charge in [0, 0.05) is 16.9 Å². The Morgan fingerprint density at radius 2 is 1.85 bits per heavy atom. The van der Waals surface area contributed by atoms with E-state index in [-0.39, 0.29) is 5.91 Å². The highest BCUT2D eigenvalue weighted by Crippen LogP contribution is 2.34. The van der Waals surface area contributed by atoms with E-state index in [0.717, 1.165) is 39.3 Å². The Bertz CT molecular complexity index is 988. The first-order chi connectivity index (χ1) is 12.8. The second kappa shape index (κ2) is 7.81. The Labute approximate surface area is 160 Å². The number of fused-ring (bicyclic) bond motifs is 1. The Balaban J connectivity index is 1.47. The van der Waals surface area contributed by atoms with Gasteiger partial charge in [0.1, 0.15) is 5.01 Å². The smallest absolute Gasteiger partial charge is 0.224 e. The average Bonchev–Trinajstić information content (AvgIpc) is 3.31. The van der Waals surface area contributed by atoms with Crippen molar-refractivity contribution in [3.8, 4) is 10.6 Å². The van der Waals surface area contributed by atoms with E-state index in [1.807, 2.05) is 48.5 Å². The fourth-order valence-electron chi connectivity index (χ4n) is 2.86. The fraction of sp³-hybridized carbons (Fsp3) is 0.143. The molecule has 4 rings (SSSR count). The van der Waals surface area contributed by atoms with Gasteiger partial charge >= 0.3 is 0 Å². The summed E-state index contributed by atoms with van der Waals surface area (Å²) in [4.78, 5) is 18.4. The Morgan fingerprint density at radius 1 is 1.00 bits per heavy atom. The van der Waals surface area contributed by atoms with Crippen LogP contribution in [0.2, 0.25) is 0 Å². The first-order valence-electron chi connectivity index (χ1n) is 8.57. The Kier molecular flexibility index (Phi) is 5.09. The van der Waals surface area contributed by atoms with Gasteiger partial charge in [-0.3, -0.25) is 4.79 Å². The maximum Gasteiger partial charge on any atom is 0.224 e. The molecule has 2 aromatic heterocycles. The van der Waals surface area contributed by atoms with Crippen LogP contribution in [0.25, 0.3) is 20.8 Å². The lowest BCUT2D eigenvalue weighted by Gasteiger charge is -2.09. The van der Waals surface area contributed by atoms with Crippen molar-refractivity contribution in [3.63, 3.8) is 0 Å². The van der Waals surface area contributed by atoms with Crippen LogP contribution in [-0.2, 0) is 11.2 Å². The molecule has 0 unspecified atom stereocenters. The molecule has 0 radical (unpaired) electrons. The number of benzene rings is 2. The molecule has 4 aromatic rings. The minimum atomic E-state index is 0.0510. The third kappa shape index (κ3) is 3.84. The lowest BCUT2D eigenvalue weighted by Crippen LogP contribution is -2.12. The van der Waals surface area contributed by atoms with E-state index in [4.69, 9.17) is 4.98 Å². The molecular formula is C21H18N2OS2. The number of rotatable bonds is 6. The van der Waals surface area contributed by atoms with Crippen LogP contribution in [0.5, 0.6) is 0 Å². The van der Waals surface area contributed by atoms with Crippen molar-refractivity contribution in [2.75, 3.05) is 5.32 Å². The van der Waals surface area contributed by atoms with E-state index in [2.05, 4.69) is 22.8 Å². The summed E-state index contributed by atoms with van der Waals surface area (Å²) in [5.74, 6) is 0.0510. The van der Waals surface area contributed by atoms with Gasteiger partial charge in [-0.1, -0.05) is 30.3 Å². The Hall–Kier alpha value is -2.50. The number of hydrogen-bond donors (Lipinski definition) is 1. The van der Waals surface area contributed by atoms with Gasteiger partial charge in [-0.05, 0) is 48.6 Å². The molecule has 0 atom stereocenters. The number of carbonyl (C=O) groups is 1. The van der Waals surface area contributed by atoms with Gasteiger partial charge in [-0.2, -0.15) is 0 Å². The van der Waals surface area contributed by atoms with Crippen molar-refractivity contribution >= 4 is 44.5 Å². The van der Waals surface area contributed by atoms with Crippen LogP contribution < -0.4 is 5.32 Å². The number of hydrogen-bond acceptors (Lipinski definition) is 4. The van der Waals surface area contributed by atoms with Gasteiger partial charge < -0.3 is 5.32 Å². The largest absolute Gasteiger partial charge is 0.325 e. The molecule has 2 aromatic carbocycles. The van der Waals surface area contributed by atoms with E-state index in [1.165, 1.54) is 4.88 Å². The normalized spacial score (nSPS) is 10.9. The number of nitrogens with zero attached hydrogens (tertiary/aromatic N) is 1. The maximum absolute atomic E-state index is 12.4. The minimum Gasteiger partial charge on any atom is -0.325 e. The summed E-state index contributed by atoms with van der Waals surface area (Å²) in [6.07, 6.45) is 2.33. The first kappa shape index (κ1) is 16.9. The summed E-state index contributed by atoms with van der Waals surface area (Å²) in [6.45, 7) is 0. The number of amides is 1. The Morgan fingerprint density at radius 3 is 2.69 bits per heavy atom. The number of anilines is 1. The molecule has 0 aliphatic carbocycles. The van der Waals surface area contributed by atoms with Crippen LogP contribution in [0.1, 0.15) is 17.7 Å². The van der Waals surface area contributed by atoms with Gasteiger partial charge in [0.15, 0.2) is 0 Å². The van der Waals surface area contributed by atoms with Crippen molar-refractivity contribution in [1.29, 1.82) is 0 Å². The van der Waals surface area contributed by atoms with Crippen molar-refractivity contribution < 1.29 is 4.79 Å². The molecule has 26 heavy (non-hydrogen) atoms. The maximum atomic E-state index is 12.4. The molecule has 0 aliphatic rings. The molecular weight excluding hydrogens is 360 g/mol. The van der Waals surface area contributed by atoms with E-state index in [9.17, 15) is 4.79 Å². The first-order valence-corrected chi connectivity index (χ1v) is 10.3. The SMILES string of the molecule is O=C(CCCc1cccs1)Nc1ccccc1-c1nc2ccccc2s1. The second-order valence-corrected chi connectivity index (χ2v) is 8.08. The van der Waals surface area contributed by atoms with Gasteiger partial charge in [0.05, 0.1) is 15.9 Å². The molecule has 5 heteroatoms. The minimum absolute atomic E-state index is 0.0510. The third-order valence-electron chi connectivity index (χ3n) is 4.13. The highest BCUT2D eigenvalue weighted by atomic mass is 32.1. The van der Waals surface area contributed by atoms with Crippen LogP contribution in [0.4, 0.5) is 5.69 Å². The number of thiazole rings is 1. The number of aryl methyl sites for hydroxylation is 1. The highest BCUT2D eigenvalue weighted by Gasteiger charge is 2.12. The summed E-state index contributed by atoms with van der Waals surface area (Å²) >= 11 is 3.39. The molecule has 1 amide bonds. The number of carbonyl (C=O) groups excluding carboxylic acids is 1. The average molecular weight is 379 g/mol. The topological polar surface area (TPSA) is 42.0 Å². The van der Waals surface area contributed by atoms with E-state index in [0.29, 0.717) is 6.42 Å². The van der Waals surface area contributed by atoms with Crippen molar-refractivity contribution in [2.24, 2.45) is 0 Å². The van der Waals surface area contributed by atoms with Crippen molar-refractivity contribution in [2.45, 2.75) is 19.3 Å². The number of para-hydroxylation sites is 2. The molecule has 0 saturated heterocycles. The molecule has 0 spiro atoms. The molecule has 0 bridgehead atoms. The van der Waals surface area contributed by atoms with Gasteiger partial charge in [-0.25, -0.2) is 4.98 Å². The lowest BCUT2D eigenvalue weighted by atomic mass is 10.1. The predicted octanol–water partition coefficient (Wildman–Crippen LogP) is 5.99. The lowest BCUT2D eigenvalue weighted by molar-refractivity contribution is -0.116. The predicted molar refractivity (Wildman–Crippen MR) is 111 cm³/mol. The standard InChI is InChI=1S/C21H18N2OS2/c24-20(13-5-7-15-8-6-14-25-15)22-17-10-2-1-9-16(17)21-23-18-11-3-4-12-19(18)26-21/h1-4,6,8-12,14H,5,7,13H2,(H,22,24). The summed E-state index contributed by atoms with van der Waals surface area (Å²) < 4.78 is 1.15. The fourth-order valence-corrected chi connectivity index (χ4v) is 4.61. The van der Waals surface area contributed by atoms with Crippen molar-refractivity contribution in [1.82, 2.24) is 4.98 Å². The zero-order chi connectivity index (χ0) is 17.8. The zero-order valence-corrected chi connectivity index (χ0v) is 15.8.